The van der Waals surface area contributed by atoms with Crippen LogP contribution < -0.4 is 5.32 Å². The summed E-state index contributed by atoms with van der Waals surface area (Å²) in [6.07, 6.45) is 0.434. The molecule has 2 aromatic rings. The minimum absolute atomic E-state index is 0.134. The van der Waals surface area contributed by atoms with Gasteiger partial charge in [-0.1, -0.05) is 18.2 Å². The van der Waals surface area contributed by atoms with Crippen molar-refractivity contribution in [3.05, 3.63) is 46.7 Å². The number of benzene rings is 1. The summed E-state index contributed by atoms with van der Waals surface area (Å²) in [5, 5.41) is 4.43. The smallest absolute Gasteiger partial charge is 0.357 e. The number of aryl methyl sites for hydroxylation is 1. The van der Waals surface area contributed by atoms with Crippen LogP contribution in [0.1, 0.15) is 29.4 Å². The van der Waals surface area contributed by atoms with E-state index in [4.69, 9.17) is 4.74 Å². The molecule has 22 heavy (non-hydrogen) atoms. The average molecular weight is 322 g/mol. The van der Waals surface area contributed by atoms with Crippen LogP contribution in [0.4, 0.5) is 9.52 Å². The van der Waals surface area contributed by atoms with Crippen LogP contribution in [0.5, 0.6) is 0 Å². The maximum atomic E-state index is 13.4. The molecule has 1 aromatic carbocycles. The molecule has 1 aromatic heterocycles. The Balaban J connectivity index is 1.87. The molecule has 0 radical (unpaired) electrons. The highest BCUT2D eigenvalue weighted by Gasteiger charge is 2.13. The number of carbonyl (C=O) groups excluding carboxylic acids is 2. The topological polar surface area (TPSA) is 68.3 Å². The number of thiazole rings is 1. The molecule has 7 heteroatoms. The number of ether oxygens (including phenoxy) is 1. The van der Waals surface area contributed by atoms with E-state index in [1.807, 2.05) is 0 Å². The molecule has 0 saturated carbocycles. The Hall–Kier alpha value is -2.28. The molecule has 0 atom stereocenters. The van der Waals surface area contributed by atoms with Gasteiger partial charge >= 0.3 is 5.97 Å². The summed E-state index contributed by atoms with van der Waals surface area (Å²) in [4.78, 5) is 27.3. The molecular formula is C15H15FN2O3S. The van der Waals surface area contributed by atoms with E-state index in [-0.39, 0.29) is 30.4 Å². The van der Waals surface area contributed by atoms with Gasteiger partial charge in [-0.2, -0.15) is 0 Å². The molecule has 0 bridgehead atoms. The van der Waals surface area contributed by atoms with Crippen molar-refractivity contribution in [3.63, 3.8) is 0 Å². The summed E-state index contributed by atoms with van der Waals surface area (Å²) in [6.45, 7) is 1.97. The van der Waals surface area contributed by atoms with E-state index in [2.05, 4.69) is 10.3 Å². The molecule has 116 valence electrons. The molecule has 0 aliphatic carbocycles. The average Bonchev–Trinajstić information content (AvgIpc) is 2.95. The van der Waals surface area contributed by atoms with Gasteiger partial charge < -0.3 is 10.1 Å². The Morgan fingerprint density at radius 3 is 2.86 bits per heavy atom. The molecule has 5 nitrogen and oxygen atoms in total. The lowest BCUT2D eigenvalue weighted by atomic mass is 10.1. The van der Waals surface area contributed by atoms with E-state index in [1.165, 1.54) is 11.4 Å². The van der Waals surface area contributed by atoms with E-state index < -0.39 is 5.97 Å². The van der Waals surface area contributed by atoms with Gasteiger partial charge in [0.25, 0.3) is 0 Å². The molecular weight excluding hydrogens is 307 g/mol. The SMILES string of the molecule is CCOC(=O)c1csc(NC(=O)CCc2ccccc2F)n1. The van der Waals surface area contributed by atoms with E-state index in [0.717, 1.165) is 11.3 Å². The molecule has 0 fully saturated rings. The van der Waals surface area contributed by atoms with Crippen LogP contribution >= 0.6 is 11.3 Å². The summed E-state index contributed by atoms with van der Waals surface area (Å²) < 4.78 is 18.3. The fourth-order valence-corrected chi connectivity index (χ4v) is 2.46. The third kappa shape index (κ3) is 4.36. The largest absolute Gasteiger partial charge is 0.461 e. The zero-order valence-corrected chi connectivity index (χ0v) is 12.8. The highest BCUT2D eigenvalue weighted by Crippen LogP contribution is 2.17. The molecule has 0 spiro atoms. The maximum Gasteiger partial charge on any atom is 0.357 e. The van der Waals surface area contributed by atoms with Gasteiger partial charge in [0.2, 0.25) is 5.91 Å². The van der Waals surface area contributed by atoms with Crippen molar-refractivity contribution in [2.45, 2.75) is 19.8 Å². The van der Waals surface area contributed by atoms with Crippen LogP contribution in [-0.4, -0.2) is 23.5 Å². The fourth-order valence-electron chi connectivity index (χ4n) is 1.76. The van der Waals surface area contributed by atoms with Crippen molar-refractivity contribution < 1.29 is 18.7 Å². The standard InChI is InChI=1S/C15H15FN2O3S/c1-2-21-14(20)12-9-22-15(17-12)18-13(19)8-7-10-5-3-4-6-11(10)16/h3-6,9H,2,7-8H2,1H3,(H,17,18,19). The number of hydrogen-bond donors (Lipinski definition) is 1. The Morgan fingerprint density at radius 2 is 2.14 bits per heavy atom. The van der Waals surface area contributed by atoms with Gasteiger partial charge in [0, 0.05) is 11.8 Å². The quantitative estimate of drug-likeness (QED) is 0.830. The number of carbonyl (C=O) groups is 2. The summed E-state index contributed by atoms with van der Waals surface area (Å²) in [5.41, 5.74) is 0.653. The van der Waals surface area contributed by atoms with Gasteiger partial charge in [-0.3, -0.25) is 4.79 Å². The molecule has 1 N–H and O–H groups in total. The van der Waals surface area contributed by atoms with Gasteiger partial charge in [0.05, 0.1) is 6.61 Å². The van der Waals surface area contributed by atoms with Gasteiger partial charge in [0.1, 0.15) is 5.82 Å². The lowest BCUT2D eigenvalue weighted by Crippen LogP contribution is -2.13. The summed E-state index contributed by atoms with van der Waals surface area (Å²) in [5.74, 6) is -1.13. The van der Waals surface area contributed by atoms with Crippen LogP contribution in [-0.2, 0) is 16.0 Å². The van der Waals surface area contributed by atoms with Crippen molar-refractivity contribution in [2.24, 2.45) is 0 Å². The van der Waals surface area contributed by atoms with Crippen molar-refractivity contribution in [1.29, 1.82) is 0 Å². The predicted molar refractivity (Wildman–Crippen MR) is 81.4 cm³/mol. The lowest BCUT2D eigenvalue weighted by Gasteiger charge is -2.03. The normalized spacial score (nSPS) is 10.3. The summed E-state index contributed by atoms with van der Waals surface area (Å²) >= 11 is 1.14. The van der Waals surface area contributed by atoms with Crippen molar-refractivity contribution in [2.75, 3.05) is 11.9 Å². The molecule has 0 saturated heterocycles. The van der Waals surface area contributed by atoms with Gasteiger partial charge in [-0.15, -0.1) is 11.3 Å². The van der Waals surface area contributed by atoms with Crippen LogP contribution in [0.2, 0.25) is 0 Å². The summed E-state index contributed by atoms with van der Waals surface area (Å²) in [7, 11) is 0. The second kappa shape index (κ2) is 7.65. The van der Waals surface area contributed by atoms with Gasteiger partial charge in [-0.05, 0) is 25.0 Å². The number of aromatic nitrogens is 1. The van der Waals surface area contributed by atoms with Crippen LogP contribution in [0.25, 0.3) is 0 Å². The number of hydrogen-bond acceptors (Lipinski definition) is 5. The lowest BCUT2D eigenvalue weighted by molar-refractivity contribution is -0.116. The number of amides is 1. The number of rotatable bonds is 6. The number of nitrogens with one attached hydrogen (secondary N) is 1. The van der Waals surface area contributed by atoms with Crippen LogP contribution in [0.3, 0.4) is 0 Å². The van der Waals surface area contributed by atoms with Crippen LogP contribution in [0, 0.1) is 5.82 Å². The first-order chi connectivity index (χ1) is 10.6. The first-order valence-corrected chi connectivity index (χ1v) is 7.64. The highest BCUT2D eigenvalue weighted by molar-refractivity contribution is 7.14. The monoisotopic (exact) mass is 322 g/mol. The second-order valence-corrected chi connectivity index (χ2v) is 5.26. The van der Waals surface area contributed by atoms with Gasteiger partial charge in [0.15, 0.2) is 10.8 Å². The highest BCUT2D eigenvalue weighted by atomic mass is 32.1. The predicted octanol–water partition coefficient (Wildman–Crippen LogP) is 3.03. The van der Waals surface area contributed by atoms with Crippen molar-refractivity contribution in [1.82, 2.24) is 4.98 Å². The molecule has 0 aliphatic rings. The van der Waals surface area contributed by atoms with Crippen molar-refractivity contribution in [3.8, 4) is 0 Å². The number of esters is 1. The maximum absolute atomic E-state index is 13.4. The Labute approximate surface area is 131 Å². The molecule has 0 unspecified atom stereocenters. The fraction of sp³-hybridized carbons (Fsp3) is 0.267. The molecule has 1 amide bonds. The molecule has 0 aliphatic heterocycles. The third-order valence-corrected chi connectivity index (χ3v) is 3.57. The molecule has 2 rings (SSSR count). The minimum Gasteiger partial charge on any atom is -0.461 e. The van der Waals surface area contributed by atoms with E-state index >= 15 is 0 Å². The third-order valence-electron chi connectivity index (χ3n) is 2.81. The number of halogens is 1. The van der Waals surface area contributed by atoms with Gasteiger partial charge in [-0.25, -0.2) is 14.2 Å². The van der Waals surface area contributed by atoms with Crippen molar-refractivity contribution >= 4 is 28.3 Å². The Kier molecular flexibility index (Phi) is 5.60. The Morgan fingerprint density at radius 1 is 1.36 bits per heavy atom. The second-order valence-electron chi connectivity index (χ2n) is 4.40. The minimum atomic E-state index is -0.523. The first kappa shape index (κ1) is 16.1. The van der Waals surface area contributed by atoms with E-state index in [1.54, 1.807) is 25.1 Å². The van der Waals surface area contributed by atoms with Crippen LogP contribution in [0.15, 0.2) is 29.6 Å². The summed E-state index contributed by atoms with van der Waals surface area (Å²) in [6, 6.07) is 6.33. The zero-order chi connectivity index (χ0) is 15.9. The van der Waals surface area contributed by atoms with E-state index in [0.29, 0.717) is 17.1 Å². The molecule has 1 heterocycles. The number of anilines is 1. The number of nitrogens with zero attached hydrogens (tertiary/aromatic N) is 1. The Bertz CT molecular complexity index is 672. The first-order valence-electron chi connectivity index (χ1n) is 6.76. The van der Waals surface area contributed by atoms with E-state index in [9.17, 15) is 14.0 Å². The zero-order valence-electron chi connectivity index (χ0n) is 12.0.